The predicted octanol–water partition coefficient (Wildman–Crippen LogP) is 2.57. The molecule has 0 aliphatic rings. The summed E-state index contributed by atoms with van der Waals surface area (Å²) in [4.78, 5) is 3.42. The third-order valence-corrected chi connectivity index (χ3v) is 1.52. The molecule has 0 spiro atoms. The Morgan fingerprint density at radius 3 is 3.15 bits per heavy atom. The highest BCUT2D eigenvalue weighted by Crippen LogP contribution is 2.10. The SMILES string of the molecule is C=CCCCOc1ccnc(F)c1. The topological polar surface area (TPSA) is 22.1 Å². The van der Waals surface area contributed by atoms with Crippen molar-refractivity contribution in [2.75, 3.05) is 6.61 Å². The van der Waals surface area contributed by atoms with E-state index in [2.05, 4.69) is 11.6 Å². The van der Waals surface area contributed by atoms with Gasteiger partial charge in [0.1, 0.15) is 5.75 Å². The zero-order chi connectivity index (χ0) is 9.52. The van der Waals surface area contributed by atoms with Gasteiger partial charge in [-0.3, -0.25) is 0 Å². The van der Waals surface area contributed by atoms with Crippen LogP contribution in [0.3, 0.4) is 0 Å². The first-order valence-corrected chi connectivity index (χ1v) is 4.18. The molecule has 0 atom stereocenters. The summed E-state index contributed by atoms with van der Waals surface area (Å²) in [6.07, 6.45) is 5.02. The van der Waals surface area contributed by atoms with Crippen molar-refractivity contribution in [1.29, 1.82) is 0 Å². The second-order valence-corrected chi connectivity index (χ2v) is 2.59. The molecule has 1 rings (SSSR count). The molecule has 0 aliphatic carbocycles. The third-order valence-electron chi connectivity index (χ3n) is 1.52. The highest BCUT2D eigenvalue weighted by molar-refractivity contribution is 5.17. The van der Waals surface area contributed by atoms with Crippen LogP contribution in [0.4, 0.5) is 4.39 Å². The largest absolute Gasteiger partial charge is 0.493 e. The lowest BCUT2D eigenvalue weighted by Crippen LogP contribution is -1.97. The van der Waals surface area contributed by atoms with Gasteiger partial charge < -0.3 is 4.74 Å². The molecule has 0 aromatic carbocycles. The first-order chi connectivity index (χ1) is 6.33. The van der Waals surface area contributed by atoms with E-state index in [0.29, 0.717) is 12.4 Å². The average molecular weight is 181 g/mol. The Kier molecular flexibility index (Phi) is 3.96. The molecule has 0 fully saturated rings. The highest BCUT2D eigenvalue weighted by atomic mass is 19.1. The van der Waals surface area contributed by atoms with E-state index in [1.165, 1.54) is 12.3 Å². The summed E-state index contributed by atoms with van der Waals surface area (Å²) in [7, 11) is 0. The van der Waals surface area contributed by atoms with Crippen LogP contribution in [0.1, 0.15) is 12.8 Å². The van der Waals surface area contributed by atoms with E-state index < -0.39 is 5.95 Å². The molecule has 1 aromatic heterocycles. The number of unbranched alkanes of at least 4 members (excludes halogenated alkanes) is 1. The van der Waals surface area contributed by atoms with Crippen molar-refractivity contribution < 1.29 is 9.13 Å². The second kappa shape index (κ2) is 5.30. The van der Waals surface area contributed by atoms with Crippen LogP contribution in [0.2, 0.25) is 0 Å². The zero-order valence-electron chi connectivity index (χ0n) is 7.37. The number of hydrogen-bond acceptors (Lipinski definition) is 2. The molecule has 0 bridgehead atoms. The lowest BCUT2D eigenvalue weighted by atomic mass is 10.3. The predicted molar refractivity (Wildman–Crippen MR) is 49.1 cm³/mol. The number of hydrogen-bond donors (Lipinski definition) is 0. The molecule has 0 saturated carbocycles. The van der Waals surface area contributed by atoms with Crippen molar-refractivity contribution in [1.82, 2.24) is 4.98 Å². The molecular weight excluding hydrogens is 169 g/mol. The first-order valence-electron chi connectivity index (χ1n) is 4.18. The van der Waals surface area contributed by atoms with Crippen LogP contribution in [0.15, 0.2) is 31.0 Å². The second-order valence-electron chi connectivity index (χ2n) is 2.59. The smallest absolute Gasteiger partial charge is 0.216 e. The summed E-state index contributed by atoms with van der Waals surface area (Å²) >= 11 is 0. The Balaban J connectivity index is 2.32. The Bertz CT molecular complexity index is 275. The molecule has 0 aliphatic heterocycles. The van der Waals surface area contributed by atoms with E-state index in [4.69, 9.17) is 4.74 Å². The van der Waals surface area contributed by atoms with E-state index >= 15 is 0 Å². The molecule has 0 unspecified atom stereocenters. The number of halogens is 1. The van der Waals surface area contributed by atoms with Gasteiger partial charge in [0.25, 0.3) is 0 Å². The fourth-order valence-corrected chi connectivity index (χ4v) is 0.892. The van der Waals surface area contributed by atoms with Gasteiger partial charge in [-0.1, -0.05) is 6.08 Å². The van der Waals surface area contributed by atoms with Crippen LogP contribution in [0, 0.1) is 5.95 Å². The first kappa shape index (κ1) is 9.71. The lowest BCUT2D eigenvalue weighted by molar-refractivity contribution is 0.309. The summed E-state index contributed by atoms with van der Waals surface area (Å²) in [5, 5.41) is 0. The van der Waals surface area contributed by atoms with Crippen molar-refractivity contribution in [3.63, 3.8) is 0 Å². The fourth-order valence-electron chi connectivity index (χ4n) is 0.892. The maximum Gasteiger partial charge on any atom is 0.216 e. The number of allylic oxidation sites excluding steroid dienone is 1. The van der Waals surface area contributed by atoms with Crippen LogP contribution in [-0.4, -0.2) is 11.6 Å². The van der Waals surface area contributed by atoms with Gasteiger partial charge in [-0.05, 0) is 18.9 Å². The van der Waals surface area contributed by atoms with Crippen molar-refractivity contribution in [3.05, 3.63) is 36.9 Å². The van der Waals surface area contributed by atoms with E-state index in [0.717, 1.165) is 12.8 Å². The Morgan fingerprint density at radius 2 is 2.46 bits per heavy atom. The van der Waals surface area contributed by atoms with E-state index in [1.54, 1.807) is 6.07 Å². The lowest BCUT2D eigenvalue weighted by Gasteiger charge is -2.03. The number of pyridine rings is 1. The third kappa shape index (κ3) is 3.69. The molecule has 70 valence electrons. The highest BCUT2D eigenvalue weighted by Gasteiger charge is 1.95. The Labute approximate surface area is 77.1 Å². The molecule has 2 nitrogen and oxygen atoms in total. The summed E-state index contributed by atoms with van der Waals surface area (Å²) in [5.74, 6) is 0.0118. The van der Waals surface area contributed by atoms with Gasteiger partial charge in [0.2, 0.25) is 5.95 Å². The van der Waals surface area contributed by atoms with Crippen molar-refractivity contribution in [2.24, 2.45) is 0 Å². The van der Waals surface area contributed by atoms with Gasteiger partial charge in [-0.2, -0.15) is 4.39 Å². The Hall–Kier alpha value is -1.38. The fraction of sp³-hybridized carbons (Fsp3) is 0.300. The monoisotopic (exact) mass is 181 g/mol. The van der Waals surface area contributed by atoms with E-state index in [-0.39, 0.29) is 0 Å². The van der Waals surface area contributed by atoms with Crippen molar-refractivity contribution >= 4 is 0 Å². The zero-order valence-corrected chi connectivity index (χ0v) is 7.37. The average Bonchev–Trinajstić information content (AvgIpc) is 2.13. The standard InChI is InChI=1S/C10H12FNO/c1-2-3-4-7-13-9-5-6-12-10(11)8-9/h2,5-6,8H,1,3-4,7H2. The molecule has 3 heteroatoms. The molecule has 0 radical (unpaired) electrons. The minimum absolute atomic E-state index is 0.513. The molecular formula is C10H12FNO. The van der Waals surface area contributed by atoms with Gasteiger partial charge >= 0.3 is 0 Å². The van der Waals surface area contributed by atoms with Gasteiger partial charge in [-0.15, -0.1) is 6.58 Å². The summed E-state index contributed by atoms with van der Waals surface area (Å²) in [5.41, 5.74) is 0. The molecule has 0 saturated heterocycles. The maximum absolute atomic E-state index is 12.5. The number of ether oxygens (including phenoxy) is 1. The van der Waals surface area contributed by atoms with Crippen LogP contribution in [0.5, 0.6) is 5.75 Å². The molecule has 13 heavy (non-hydrogen) atoms. The van der Waals surface area contributed by atoms with E-state index in [1.807, 2.05) is 6.08 Å². The number of rotatable bonds is 5. The molecule has 1 heterocycles. The number of aromatic nitrogens is 1. The van der Waals surface area contributed by atoms with Crippen molar-refractivity contribution in [3.8, 4) is 5.75 Å². The number of nitrogens with zero attached hydrogens (tertiary/aromatic N) is 1. The van der Waals surface area contributed by atoms with Gasteiger partial charge in [0, 0.05) is 12.3 Å². The van der Waals surface area contributed by atoms with Crippen LogP contribution >= 0.6 is 0 Å². The molecule has 0 amide bonds. The van der Waals surface area contributed by atoms with Crippen LogP contribution in [0.25, 0.3) is 0 Å². The maximum atomic E-state index is 12.5. The van der Waals surface area contributed by atoms with Gasteiger partial charge in [-0.25, -0.2) is 4.98 Å². The summed E-state index contributed by atoms with van der Waals surface area (Å²) in [6.45, 7) is 4.17. The molecule has 1 aromatic rings. The minimum atomic E-state index is -0.513. The van der Waals surface area contributed by atoms with Crippen molar-refractivity contribution in [2.45, 2.75) is 12.8 Å². The van der Waals surface area contributed by atoms with Crippen LogP contribution in [-0.2, 0) is 0 Å². The summed E-state index contributed by atoms with van der Waals surface area (Å²) in [6, 6.07) is 2.91. The van der Waals surface area contributed by atoms with Gasteiger partial charge in [0.05, 0.1) is 6.61 Å². The Morgan fingerprint density at radius 1 is 1.62 bits per heavy atom. The summed E-state index contributed by atoms with van der Waals surface area (Å²) < 4.78 is 17.8. The van der Waals surface area contributed by atoms with Crippen LogP contribution < -0.4 is 4.74 Å². The van der Waals surface area contributed by atoms with Gasteiger partial charge in [0.15, 0.2) is 0 Å². The van der Waals surface area contributed by atoms with E-state index in [9.17, 15) is 4.39 Å². The normalized spacial score (nSPS) is 9.62. The minimum Gasteiger partial charge on any atom is -0.493 e. The molecule has 0 N–H and O–H groups in total. The quantitative estimate of drug-likeness (QED) is 0.395.